The molecule has 9 heteroatoms. The van der Waals surface area contributed by atoms with Crippen molar-refractivity contribution < 1.29 is 14.0 Å². The summed E-state index contributed by atoms with van der Waals surface area (Å²) in [6.45, 7) is 8.58. The van der Waals surface area contributed by atoms with Gasteiger partial charge in [-0.25, -0.2) is 9.18 Å². The van der Waals surface area contributed by atoms with Crippen LogP contribution in [0.5, 0.6) is 0 Å². The molecule has 0 aliphatic carbocycles. The van der Waals surface area contributed by atoms with Crippen LogP contribution in [0, 0.1) is 5.82 Å². The molecule has 28 heavy (non-hydrogen) atoms. The maximum atomic E-state index is 13.5. The van der Waals surface area contributed by atoms with Crippen molar-refractivity contribution in [1.82, 2.24) is 20.0 Å². The topological polar surface area (TPSA) is 67.9 Å². The maximum Gasteiger partial charge on any atom is 0.321 e. The Morgan fingerprint density at radius 1 is 1.18 bits per heavy atom. The zero-order valence-electron chi connectivity index (χ0n) is 16.3. The van der Waals surface area contributed by atoms with Gasteiger partial charge in [-0.1, -0.05) is 11.6 Å². The first-order chi connectivity index (χ1) is 13.3. The van der Waals surface area contributed by atoms with Gasteiger partial charge in [-0.15, -0.1) is 0 Å². The number of benzene rings is 1. The van der Waals surface area contributed by atoms with Crippen LogP contribution in [0.1, 0.15) is 13.8 Å². The van der Waals surface area contributed by atoms with Crippen molar-refractivity contribution in [3.8, 4) is 0 Å². The molecule has 0 radical (unpaired) electrons. The number of anilines is 1. The quantitative estimate of drug-likeness (QED) is 0.796. The molecule has 1 aromatic rings. The number of amides is 3. The smallest absolute Gasteiger partial charge is 0.321 e. The van der Waals surface area contributed by atoms with Gasteiger partial charge in [-0.2, -0.15) is 0 Å². The summed E-state index contributed by atoms with van der Waals surface area (Å²) in [5.74, 6) is -0.490. The van der Waals surface area contributed by atoms with Gasteiger partial charge in [-0.3, -0.25) is 9.69 Å². The summed E-state index contributed by atoms with van der Waals surface area (Å²) in [5.41, 5.74) is 0.352. The lowest BCUT2D eigenvalue weighted by molar-refractivity contribution is -0.136. The number of urea groups is 1. The number of nitrogens with zero attached hydrogens (tertiary/aromatic N) is 3. The van der Waals surface area contributed by atoms with Crippen LogP contribution in [0.2, 0.25) is 5.02 Å². The molecular formula is C19H27ClFN5O2. The van der Waals surface area contributed by atoms with E-state index >= 15 is 0 Å². The molecule has 2 heterocycles. The SMILES string of the molecule is CC(C)N1CCN[C@@H](C(=O)N2CCN(C(=O)Nc3ccc(Cl)c(F)c3)CC2)C1. The van der Waals surface area contributed by atoms with E-state index in [4.69, 9.17) is 11.6 Å². The molecule has 0 unspecified atom stereocenters. The van der Waals surface area contributed by atoms with Gasteiger partial charge in [0, 0.05) is 57.5 Å². The maximum absolute atomic E-state index is 13.5. The molecule has 2 aliphatic heterocycles. The lowest BCUT2D eigenvalue weighted by atomic mass is 10.1. The second-order valence-corrected chi connectivity index (χ2v) is 7.87. The van der Waals surface area contributed by atoms with Gasteiger partial charge >= 0.3 is 6.03 Å². The molecule has 2 saturated heterocycles. The van der Waals surface area contributed by atoms with E-state index in [0.717, 1.165) is 13.1 Å². The average Bonchev–Trinajstić information content (AvgIpc) is 2.70. The highest BCUT2D eigenvalue weighted by atomic mass is 35.5. The lowest BCUT2D eigenvalue weighted by Gasteiger charge is -2.40. The predicted molar refractivity (Wildman–Crippen MR) is 107 cm³/mol. The third kappa shape index (κ3) is 4.92. The highest BCUT2D eigenvalue weighted by Gasteiger charge is 2.32. The van der Waals surface area contributed by atoms with Crippen molar-refractivity contribution >= 4 is 29.2 Å². The van der Waals surface area contributed by atoms with E-state index in [1.807, 2.05) is 4.90 Å². The van der Waals surface area contributed by atoms with Crippen molar-refractivity contribution in [1.29, 1.82) is 0 Å². The molecule has 1 aromatic carbocycles. The van der Waals surface area contributed by atoms with Crippen molar-refractivity contribution in [2.45, 2.75) is 25.9 Å². The van der Waals surface area contributed by atoms with Crippen LogP contribution >= 0.6 is 11.6 Å². The Bertz CT molecular complexity index is 724. The highest BCUT2D eigenvalue weighted by molar-refractivity contribution is 6.30. The molecule has 2 N–H and O–H groups in total. The van der Waals surface area contributed by atoms with Gasteiger partial charge in [0.15, 0.2) is 0 Å². The van der Waals surface area contributed by atoms with Crippen LogP contribution in [0.4, 0.5) is 14.9 Å². The minimum Gasteiger partial charge on any atom is -0.338 e. The first-order valence-electron chi connectivity index (χ1n) is 9.62. The Balaban J connectivity index is 1.50. The van der Waals surface area contributed by atoms with Crippen LogP contribution < -0.4 is 10.6 Å². The number of piperazine rings is 2. The minimum atomic E-state index is -0.578. The summed E-state index contributed by atoms with van der Waals surface area (Å²) in [4.78, 5) is 31.0. The standard InChI is InChI=1S/C19H27ClFN5O2/c1-13(2)26-6-5-22-17(12-26)18(27)24-7-9-25(10-8-24)19(28)23-14-3-4-15(20)16(21)11-14/h3-4,11,13,17,22H,5-10,12H2,1-2H3,(H,23,28)/t17-/m1/s1. The molecule has 1 atom stereocenters. The number of rotatable bonds is 3. The van der Waals surface area contributed by atoms with Crippen LogP contribution in [0.25, 0.3) is 0 Å². The summed E-state index contributed by atoms with van der Waals surface area (Å²) < 4.78 is 13.5. The minimum absolute atomic E-state index is 0.0116. The molecule has 3 amide bonds. The monoisotopic (exact) mass is 411 g/mol. The predicted octanol–water partition coefficient (Wildman–Crippen LogP) is 1.84. The van der Waals surface area contributed by atoms with Gasteiger partial charge in [0.25, 0.3) is 0 Å². The normalized spacial score (nSPS) is 21.1. The van der Waals surface area contributed by atoms with E-state index in [0.29, 0.717) is 44.5 Å². The third-order valence-electron chi connectivity index (χ3n) is 5.28. The van der Waals surface area contributed by atoms with Crippen molar-refractivity contribution in [2.75, 3.05) is 51.1 Å². The number of hydrogen-bond acceptors (Lipinski definition) is 4. The van der Waals surface area contributed by atoms with E-state index in [1.165, 1.54) is 12.1 Å². The van der Waals surface area contributed by atoms with Gasteiger partial charge in [0.2, 0.25) is 5.91 Å². The number of nitrogens with one attached hydrogen (secondary N) is 2. The van der Waals surface area contributed by atoms with E-state index in [2.05, 4.69) is 29.4 Å². The van der Waals surface area contributed by atoms with Crippen LogP contribution in [-0.4, -0.2) is 84.5 Å². The largest absolute Gasteiger partial charge is 0.338 e. The van der Waals surface area contributed by atoms with E-state index in [9.17, 15) is 14.0 Å². The first-order valence-corrected chi connectivity index (χ1v) is 10.00. The highest BCUT2D eigenvalue weighted by Crippen LogP contribution is 2.19. The van der Waals surface area contributed by atoms with Gasteiger partial charge < -0.3 is 20.4 Å². The number of halogens is 2. The molecule has 2 fully saturated rings. The fraction of sp³-hybridized carbons (Fsp3) is 0.579. The second kappa shape index (κ2) is 9.07. The van der Waals surface area contributed by atoms with Crippen molar-refractivity contribution in [3.05, 3.63) is 29.0 Å². The first kappa shape index (κ1) is 20.8. The molecule has 0 bridgehead atoms. The van der Waals surface area contributed by atoms with Gasteiger partial charge in [0.1, 0.15) is 5.82 Å². The van der Waals surface area contributed by atoms with Crippen molar-refractivity contribution in [3.63, 3.8) is 0 Å². The Morgan fingerprint density at radius 3 is 2.50 bits per heavy atom. The van der Waals surface area contributed by atoms with Gasteiger partial charge in [0.05, 0.1) is 11.1 Å². The van der Waals surface area contributed by atoms with Crippen LogP contribution in [0.3, 0.4) is 0 Å². The summed E-state index contributed by atoms with van der Waals surface area (Å²) in [7, 11) is 0. The van der Waals surface area contributed by atoms with Crippen LogP contribution in [0.15, 0.2) is 18.2 Å². The lowest BCUT2D eigenvalue weighted by Crippen LogP contribution is -2.61. The number of hydrogen-bond donors (Lipinski definition) is 2. The Morgan fingerprint density at radius 2 is 1.86 bits per heavy atom. The zero-order chi connectivity index (χ0) is 20.3. The Labute approximate surface area is 169 Å². The number of carbonyl (C=O) groups is 2. The second-order valence-electron chi connectivity index (χ2n) is 7.47. The van der Waals surface area contributed by atoms with Gasteiger partial charge in [-0.05, 0) is 32.0 Å². The molecule has 0 spiro atoms. The number of carbonyl (C=O) groups excluding carboxylic acids is 2. The zero-order valence-corrected chi connectivity index (χ0v) is 17.0. The fourth-order valence-corrected chi connectivity index (χ4v) is 3.65. The summed E-state index contributed by atoms with van der Waals surface area (Å²) in [5, 5.41) is 5.99. The molecule has 2 aliphatic rings. The molecule has 3 rings (SSSR count). The van der Waals surface area contributed by atoms with E-state index in [1.54, 1.807) is 11.0 Å². The van der Waals surface area contributed by atoms with Crippen LogP contribution in [-0.2, 0) is 4.79 Å². The molecule has 7 nitrogen and oxygen atoms in total. The van der Waals surface area contributed by atoms with E-state index < -0.39 is 5.82 Å². The average molecular weight is 412 g/mol. The molecular weight excluding hydrogens is 385 g/mol. The summed E-state index contributed by atoms with van der Waals surface area (Å²) in [6, 6.07) is 4.05. The van der Waals surface area contributed by atoms with Crippen molar-refractivity contribution in [2.24, 2.45) is 0 Å². The van der Waals surface area contributed by atoms with E-state index in [-0.39, 0.29) is 23.0 Å². The summed E-state index contributed by atoms with van der Waals surface area (Å²) in [6.07, 6.45) is 0. The Hall–Kier alpha value is -1.90. The summed E-state index contributed by atoms with van der Waals surface area (Å²) >= 11 is 5.66. The molecule has 0 saturated carbocycles. The molecule has 154 valence electrons. The third-order valence-corrected chi connectivity index (χ3v) is 5.59. The fourth-order valence-electron chi connectivity index (χ4n) is 3.53. The molecule has 0 aromatic heterocycles. The Kier molecular flexibility index (Phi) is 6.74.